The number of benzene rings is 1. The number of carbonyl (C=O) groups is 1. The average Bonchev–Trinajstić information content (AvgIpc) is 2.83. The number of unbranched alkanes of at least 4 members (excludes halogenated alkanes) is 5. The molecule has 0 bridgehead atoms. The summed E-state index contributed by atoms with van der Waals surface area (Å²) in [5.41, 5.74) is 3.30. The Morgan fingerprint density at radius 3 is 2.25 bits per heavy atom. The number of nitrogens with zero attached hydrogens (tertiary/aromatic N) is 1. The molecule has 1 aliphatic rings. The fraction of sp³-hybridized carbons (Fsp3) is 0.586. The van der Waals surface area contributed by atoms with E-state index < -0.39 is 0 Å². The van der Waals surface area contributed by atoms with E-state index in [9.17, 15) is 4.79 Å². The van der Waals surface area contributed by atoms with E-state index in [-0.39, 0.29) is 11.9 Å². The van der Waals surface area contributed by atoms with Gasteiger partial charge < -0.3 is 4.74 Å². The predicted molar refractivity (Wildman–Crippen MR) is 133 cm³/mol. The molecule has 174 valence electrons. The minimum atomic E-state index is -0.0586. The summed E-state index contributed by atoms with van der Waals surface area (Å²) in [6.07, 6.45) is 17.8. The lowest BCUT2D eigenvalue weighted by atomic mass is 9.80. The average molecular weight is 436 g/mol. The summed E-state index contributed by atoms with van der Waals surface area (Å²) in [5, 5.41) is 0. The lowest BCUT2D eigenvalue weighted by molar-refractivity contribution is -0.140. The van der Waals surface area contributed by atoms with Gasteiger partial charge in [0.1, 0.15) is 5.75 Å². The molecular formula is C29H41NO2. The molecule has 32 heavy (non-hydrogen) atoms. The number of rotatable bonds is 12. The molecule has 0 saturated heterocycles. The first kappa shape index (κ1) is 24.5. The molecule has 3 nitrogen and oxygen atoms in total. The molecule has 1 aliphatic carbocycles. The molecule has 0 radical (unpaired) electrons. The predicted octanol–water partition coefficient (Wildman–Crippen LogP) is 8.16. The van der Waals surface area contributed by atoms with Gasteiger partial charge in [-0.15, -0.1) is 0 Å². The van der Waals surface area contributed by atoms with E-state index >= 15 is 0 Å². The summed E-state index contributed by atoms with van der Waals surface area (Å²) in [6, 6.07) is 12.0. The maximum atomic E-state index is 12.6. The number of aryl methyl sites for hydroxylation is 1. The molecule has 0 N–H and O–H groups in total. The van der Waals surface area contributed by atoms with Gasteiger partial charge in [-0.2, -0.15) is 0 Å². The van der Waals surface area contributed by atoms with Crippen LogP contribution in [0.25, 0.3) is 11.3 Å². The van der Waals surface area contributed by atoms with E-state index in [0.29, 0.717) is 5.75 Å². The Kier molecular flexibility index (Phi) is 10.3. The van der Waals surface area contributed by atoms with Gasteiger partial charge in [0, 0.05) is 11.8 Å². The number of hydrogen-bond donors (Lipinski definition) is 0. The molecule has 2 aromatic rings. The van der Waals surface area contributed by atoms with E-state index in [4.69, 9.17) is 4.74 Å². The summed E-state index contributed by atoms with van der Waals surface area (Å²) in [6.45, 7) is 4.48. The van der Waals surface area contributed by atoms with E-state index in [1.807, 2.05) is 30.5 Å². The van der Waals surface area contributed by atoms with Gasteiger partial charge >= 0.3 is 5.97 Å². The first-order chi connectivity index (χ1) is 15.7. The monoisotopic (exact) mass is 435 g/mol. The molecule has 1 saturated carbocycles. The highest BCUT2D eigenvalue weighted by atomic mass is 16.5. The number of pyridine rings is 1. The van der Waals surface area contributed by atoms with Crippen LogP contribution < -0.4 is 4.74 Å². The van der Waals surface area contributed by atoms with Crippen LogP contribution in [0.2, 0.25) is 0 Å². The Bertz CT molecular complexity index is 789. The Hall–Kier alpha value is -2.16. The van der Waals surface area contributed by atoms with Crippen molar-refractivity contribution in [2.45, 2.75) is 97.3 Å². The third-order valence-corrected chi connectivity index (χ3v) is 6.91. The van der Waals surface area contributed by atoms with Crippen molar-refractivity contribution in [3.05, 3.63) is 48.2 Å². The SMILES string of the molecule is CCCCCC[C@H]1CC[C@H](C(=O)Oc2ccc(-c3ccc(CCCCC)cn3)cc2)CC1. The van der Waals surface area contributed by atoms with Gasteiger partial charge in [0.25, 0.3) is 0 Å². The number of esters is 1. The number of carbonyl (C=O) groups excluding carboxylic acids is 1. The quantitative estimate of drug-likeness (QED) is 0.192. The van der Waals surface area contributed by atoms with Crippen molar-refractivity contribution < 1.29 is 9.53 Å². The highest BCUT2D eigenvalue weighted by molar-refractivity contribution is 5.75. The highest BCUT2D eigenvalue weighted by Gasteiger charge is 2.27. The smallest absolute Gasteiger partial charge is 0.314 e. The Balaban J connectivity index is 1.44. The Morgan fingerprint density at radius 2 is 1.59 bits per heavy atom. The van der Waals surface area contributed by atoms with Crippen LogP contribution in [-0.2, 0) is 11.2 Å². The number of hydrogen-bond acceptors (Lipinski definition) is 3. The van der Waals surface area contributed by atoms with E-state index in [1.54, 1.807) is 0 Å². The molecule has 1 fully saturated rings. The molecule has 0 spiro atoms. The summed E-state index contributed by atoms with van der Waals surface area (Å²) in [5.74, 6) is 1.44. The molecule has 0 amide bonds. The van der Waals surface area contributed by atoms with Crippen molar-refractivity contribution in [3.63, 3.8) is 0 Å². The number of ether oxygens (including phenoxy) is 1. The van der Waals surface area contributed by atoms with Crippen molar-refractivity contribution in [2.24, 2.45) is 11.8 Å². The molecule has 0 aliphatic heterocycles. The third kappa shape index (κ3) is 7.76. The van der Waals surface area contributed by atoms with Gasteiger partial charge in [0.15, 0.2) is 0 Å². The Labute approximate surface area is 195 Å². The van der Waals surface area contributed by atoms with Crippen molar-refractivity contribution >= 4 is 5.97 Å². The molecule has 1 heterocycles. The lowest BCUT2D eigenvalue weighted by Gasteiger charge is -2.27. The fourth-order valence-corrected chi connectivity index (χ4v) is 4.76. The first-order valence-corrected chi connectivity index (χ1v) is 13.0. The zero-order valence-electron chi connectivity index (χ0n) is 20.2. The molecule has 3 heteroatoms. The maximum Gasteiger partial charge on any atom is 0.314 e. The fourth-order valence-electron chi connectivity index (χ4n) is 4.76. The first-order valence-electron chi connectivity index (χ1n) is 13.0. The van der Waals surface area contributed by atoms with Crippen LogP contribution in [0.1, 0.15) is 96.5 Å². The summed E-state index contributed by atoms with van der Waals surface area (Å²) in [4.78, 5) is 17.3. The van der Waals surface area contributed by atoms with E-state index in [2.05, 4.69) is 31.0 Å². The standard InChI is InChI=1S/C29H41NO2/c1-3-5-7-9-10-23-12-15-26(16-13-23)29(31)32-27-19-17-25(18-20-27)28-21-14-24(22-30-28)11-8-6-4-2/h14,17-23,26H,3-13,15-16H2,1-2H3/t23-,26-. The second-order valence-electron chi connectivity index (χ2n) is 9.52. The lowest BCUT2D eigenvalue weighted by Crippen LogP contribution is -2.25. The van der Waals surface area contributed by atoms with Crippen LogP contribution in [0.4, 0.5) is 0 Å². The van der Waals surface area contributed by atoms with Gasteiger partial charge in [-0.1, -0.05) is 64.9 Å². The van der Waals surface area contributed by atoms with Gasteiger partial charge in [-0.3, -0.25) is 9.78 Å². The van der Waals surface area contributed by atoms with Gasteiger partial charge in [0.2, 0.25) is 0 Å². The maximum absolute atomic E-state index is 12.6. The van der Waals surface area contributed by atoms with Crippen LogP contribution in [0.5, 0.6) is 5.75 Å². The summed E-state index contributed by atoms with van der Waals surface area (Å²) in [7, 11) is 0. The normalized spacial score (nSPS) is 18.4. The zero-order chi connectivity index (χ0) is 22.6. The van der Waals surface area contributed by atoms with Gasteiger partial charge in [-0.05, 0) is 80.3 Å². The van der Waals surface area contributed by atoms with Gasteiger partial charge in [-0.25, -0.2) is 0 Å². The minimum Gasteiger partial charge on any atom is -0.426 e. The summed E-state index contributed by atoms with van der Waals surface area (Å²) >= 11 is 0. The van der Waals surface area contributed by atoms with Crippen LogP contribution >= 0.6 is 0 Å². The highest BCUT2D eigenvalue weighted by Crippen LogP contribution is 2.33. The molecule has 0 atom stereocenters. The third-order valence-electron chi connectivity index (χ3n) is 6.91. The molecule has 1 aromatic heterocycles. The second-order valence-corrected chi connectivity index (χ2v) is 9.52. The topological polar surface area (TPSA) is 39.2 Å². The van der Waals surface area contributed by atoms with E-state index in [0.717, 1.165) is 36.4 Å². The largest absolute Gasteiger partial charge is 0.426 e. The van der Waals surface area contributed by atoms with Gasteiger partial charge in [0.05, 0.1) is 11.6 Å². The van der Waals surface area contributed by atoms with Crippen LogP contribution in [-0.4, -0.2) is 11.0 Å². The summed E-state index contributed by atoms with van der Waals surface area (Å²) < 4.78 is 5.71. The molecule has 1 aromatic carbocycles. The van der Waals surface area contributed by atoms with Crippen molar-refractivity contribution in [3.8, 4) is 17.0 Å². The van der Waals surface area contributed by atoms with Crippen LogP contribution in [0.3, 0.4) is 0 Å². The van der Waals surface area contributed by atoms with Crippen molar-refractivity contribution in [1.82, 2.24) is 4.98 Å². The molecular weight excluding hydrogens is 394 g/mol. The molecule has 3 rings (SSSR count). The second kappa shape index (κ2) is 13.4. The van der Waals surface area contributed by atoms with Crippen LogP contribution in [0.15, 0.2) is 42.6 Å². The number of aromatic nitrogens is 1. The molecule has 0 unspecified atom stereocenters. The Morgan fingerprint density at radius 1 is 0.875 bits per heavy atom. The van der Waals surface area contributed by atoms with Crippen LogP contribution in [0, 0.1) is 11.8 Å². The van der Waals surface area contributed by atoms with Crippen molar-refractivity contribution in [2.75, 3.05) is 0 Å². The zero-order valence-corrected chi connectivity index (χ0v) is 20.2. The minimum absolute atomic E-state index is 0.0586. The van der Waals surface area contributed by atoms with Crippen molar-refractivity contribution in [1.29, 1.82) is 0 Å². The van der Waals surface area contributed by atoms with E-state index in [1.165, 1.54) is 69.8 Å².